The van der Waals surface area contributed by atoms with Crippen LogP contribution in [0.4, 0.5) is 0 Å². The Morgan fingerprint density at radius 3 is 1.87 bits per heavy atom. The molecule has 0 aliphatic rings. The first-order valence-corrected chi connectivity index (χ1v) is 5.58. The monoisotopic (exact) mass is 218 g/mol. The molecule has 0 aliphatic heterocycles. The summed E-state index contributed by atoms with van der Waals surface area (Å²) in [5.74, 6) is -1.22. The maximum Gasteiger partial charge on any atom is 0.326 e. The highest BCUT2D eigenvalue weighted by atomic mass is 16.9. The molecule has 90 valence electrons. The van der Waals surface area contributed by atoms with Gasteiger partial charge in [-0.2, -0.15) is 0 Å². The average molecular weight is 218 g/mol. The third-order valence-electron chi connectivity index (χ3n) is 1.99. The molecule has 0 atom stereocenters. The highest BCUT2D eigenvalue weighted by Crippen LogP contribution is 2.14. The van der Waals surface area contributed by atoms with Gasteiger partial charge in [-0.15, -0.1) is 0 Å². The van der Waals surface area contributed by atoms with Gasteiger partial charge in [0, 0.05) is 6.92 Å². The predicted octanol–water partition coefficient (Wildman–Crippen LogP) is 2.47. The number of rotatable bonds is 10. The minimum Gasteiger partial charge on any atom is -0.410 e. The summed E-state index contributed by atoms with van der Waals surface area (Å²) >= 11 is 0. The summed E-state index contributed by atoms with van der Waals surface area (Å²) in [4.78, 5) is 10.3. The fourth-order valence-corrected chi connectivity index (χ4v) is 1.00. The Morgan fingerprint density at radius 1 is 1.07 bits per heavy atom. The van der Waals surface area contributed by atoms with Crippen molar-refractivity contribution in [2.24, 2.45) is 0 Å². The lowest BCUT2D eigenvalue weighted by Crippen LogP contribution is -2.36. The van der Waals surface area contributed by atoms with E-state index >= 15 is 0 Å². The van der Waals surface area contributed by atoms with E-state index in [1.807, 2.05) is 0 Å². The molecule has 0 saturated heterocycles. The molecule has 0 aromatic carbocycles. The number of hydrogen-bond acceptors (Lipinski definition) is 4. The van der Waals surface area contributed by atoms with Gasteiger partial charge < -0.3 is 14.2 Å². The van der Waals surface area contributed by atoms with E-state index in [0.29, 0.717) is 19.7 Å². The number of carbonyl (C=O) groups excluding carboxylic acids is 1. The summed E-state index contributed by atoms with van der Waals surface area (Å²) < 4.78 is 15.6. The lowest BCUT2D eigenvalue weighted by atomic mass is 10.3. The van der Waals surface area contributed by atoms with Crippen molar-refractivity contribution < 1.29 is 19.0 Å². The summed E-state index contributed by atoms with van der Waals surface area (Å²) in [5.41, 5.74) is 0. The molecule has 0 N–H and O–H groups in total. The zero-order valence-corrected chi connectivity index (χ0v) is 9.95. The topological polar surface area (TPSA) is 44.8 Å². The van der Waals surface area contributed by atoms with Crippen LogP contribution in [0.25, 0.3) is 0 Å². The SMILES string of the molecule is CCCCOC(C)(OC=O)OCCCC. The van der Waals surface area contributed by atoms with Crippen LogP contribution in [0.1, 0.15) is 46.5 Å². The smallest absolute Gasteiger partial charge is 0.326 e. The van der Waals surface area contributed by atoms with Crippen LogP contribution < -0.4 is 0 Å². The van der Waals surface area contributed by atoms with Gasteiger partial charge in [-0.3, -0.25) is 4.79 Å². The number of carbonyl (C=O) groups is 1. The second-order valence-corrected chi connectivity index (χ2v) is 3.48. The molecule has 0 aromatic rings. The molecule has 4 nitrogen and oxygen atoms in total. The lowest BCUT2D eigenvalue weighted by Gasteiger charge is -2.27. The van der Waals surface area contributed by atoms with Crippen LogP contribution in [-0.2, 0) is 19.0 Å². The Morgan fingerprint density at radius 2 is 1.53 bits per heavy atom. The average Bonchev–Trinajstić information content (AvgIpc) is 2.19. The van der Waals surface area contributed by atoms with E-state index in [2.05, 4.69) is 13.8 Å². The van der Waals surface area contributed by atoms with Gasteiger partial charge in [0.2, 0.25) is 0 Å². The van der Waals surface area contributed by atoms with Crippen LogP contribution in [0.5, 0.6) is 0 Å². The summed E-state index contributed by atoms with van der Waals surface area (Å²) in [7, 11) is 0. The third kappa shape index (κ3) is 7.33. The van der Waals surface area contributed by atoms with Crippen LogP contribution in [-0.4, -0.2) is 25.7 Å². The molecular weight excluding hydrogens is 196 g/mol. The minimum absolute atomic E-state index is 0.359. The van der Waals surface area contributed by atoms with Crippen LogP contribution in [0.3, 0.4) is 0 Å². The molecule has 0 amide bonds. The molecule has 0 fully saturated rings. The largest absolute Gasteiger partial charge is 0.410 e. The second-order valence-electron chi connectivity index (χ2n) is 3.48. The Labute approximate surface area is 91.9 Å². The van der Waals surface area contributed by atoms with Gasteiger partial charge >= 0.3 is 5.97 Å². The van der Waals surface area contributed by atoms with Crippen LogP contribution >= 0.6 is 0 Å². The summed E-state index contributed by atoms with van der Waals surface area (Å²) in [6.07, 6.45) is 3.92. The normalized spacial score (nSPS) is 11.4. The van der Waals surface area contributed by atoms with Gasteiger partial charge in [0.05, 0.1) is 13.2 Å². The fourth-order valence-electron chi connectivity index (χ4n) is 1.00. The molecule has 0 bridgehead atoms. The van der Waals surface area contributed by atoms with Gasteiger partial charge in [0.15, 0.2) is 0 Å². The molecular formula is C11H22O4. The Hall–Kier alpha value is -0.610. The Kier molecular flexibility index (Phi) is 8.33. The van der Waals surface area contributed by atoms with E-state index in [0.717, 1.165) is 25.7 Å². The zero-order chi connectivity index (χ0) is 11.6. The number of unbranched alkanes of at least 4 members (excludes halogenated alkanes) is 2. The molecule has 0 unspecified atom stereocenters. The van der Waals surface area contributed by atoms with E-state index in [9.17, 15) is 4.79 Å². The van der Waals surface area contributed by atoms with Crippen molar-refractivity contribution in [1.82, 2.24) is 0 Å². The first kappa shape index (κ1) is 14.4. The molecule has 4 heteroatoms. The molecule has 15 heavy (non-hydrogen) atoms. The van der Waals surface area contributed by atoms with Crippen molar-refractivity contribution in [1.29, 1.82) is 0 Å². The highest BCUT2D eigenvalue weighted by Gasteiger charge is 2.27. The zero-order valence-electron chi connectivity index (χ0n) is 9.95. The van der Waals surface area contributed by atoms with E-state index in [1.165, 1.54) is 0 Å². The van der Waals surface area contributed by atoms with Gasteiger partial charge in [-0.1, -0.05) is 26.7 Å². The van der Waals surface area contributed by atoms with Crippen LogP contribution in [0, 0.1) is 0 Å². The summed E-state index contributed by atoms with van der Waals surface area (Å²) in [6.45, 7) is 7.18. The minimum atomic E-state index is -1.22. The van der Waals surface area contributed by atoms with E-state index < -0.39 is 5.97 Å². The van der Waals surface area contributed by atoms with Crippen molar-refractivity contribution in [3.63, 3.8) is 0 Å². The Bertz CT molecular complexity index is 149. The van der Waals surface area contributed by atoms with Crippen molar-refractivity contribution >= 4 is 6.47 Å². The predicted molar refractivity (Wildman–Crippen MR) is 57.3 cm³/mol. The first-order valence-electron chi connectivity index (χ1n) is 5.58. The third-order valence-corrected chi connectivity index (χ3v) is 1.99. The maximum atomic E-state index is 10.3. The lowest BCUT2D eigenvalue weighted by molar-refractivity contribution is -0.347. The molecule has 0 rings (SSSR count). The molecule has 0 saturated carbocycles. The molecule has 0 radical (unpaired) electrons. The molecule has 0 heterocycles. The van der Waals surface area contributed by atoms with Gasteiger partial charge in [-0.25, -0.2) is 0 Å². The molecule has 0 aromatic heterocycles. The van der Waals surface area contributed by atoms with Gasteiger partial charge in [0.1, 0.15) is 0 Å². The van der Waals surface area contributed by atoms with Crippen LogP contribution in [0.2, 0.25) is 0 Å². The summed E-state index contributed by atoms with van der Waals surface area (Å²) in [6, 6.07) is 0. The van der Waals surface area contributed by atoms with Crippen molar-refractivity contribution in [3.8, 4) is 0 Å². The maximum absolute atomic E-state index is 10.3. The van der Waals surface area contributed by atoms with E-state index in [4.69, 9.17) is 14.2 Å². The van der Waals surface area contributed by atoms with E-state index in [-0.39, 0.29) is 0 Å². The number of ether oxygens (including phenoxy) is 3. The first-order chi connectivity index (χ1) is 7.18. The van der Waals surface area contributed by atoms with Crippen LogP contribution in [0.15, 0.2) is 0 Å². The van der Waals surface area contributed by atoms with E-state index in [1.54, 1.807) is 6.92 Å². The fraction of sp³-hybridized carbons (Fsp3) is 0.909. The van der Waals surface area contributed by atoms with Crippen molar-refractivity contribution in [3.05, 3.63) is 0 Å². The molecule has 0 spiro atoms. The second kappa shape index (κ2) is 8.68. The standard InChI is InChI=1S/C11H22O4/c1-4-6-8-13-11(3,15-10-12)14-9-7-5-2/h10H,4-9H2,1-3H3. The van der Waals surface area contributed by atoms with Gasteiger partial charge in [-0.05, 0) is 12.8 Å². The van der Waals surface area contributed by atoms with Gasteiger partial charge in [0.25, 0.3) is 6.47 Å². The molecule has 0 aliphatic carbocycles. The van der Waals surface area contributed by atoms with Crippen molar-refractivity contribution in [2.75, 3.05) is 13.2 Å². The van der Waals surface area contributed by atoms with Crippen molar-refractivity contribution in [2.45, 2.75) is 52.4 Å². The highest BCUT2D eigenvalue weighted by molar-refractivity contribution is 5.37. The Balaban J connectivity index is 3.88. The number of hydrogen-bond donors (Lipinski definition) is 0. The summed E-state index contributed by atoms with van der Waals surface area (Å²) in [5, 5.41) is 0. The quantitative estimate of drug-likeness (QED) is 0.321.